The summed E-state index contributed by atoms with van der Waals surface area (Å²) in [4.78, 5) is 15.4. The maximum Gasteiger partial charge on any atom is 0.373 e. The zero-order valence-electron chi connectivity index (χ0n) is 11.3. The van der Waals surface area contributed by atoms with Crippen molar-refractivity contribution in [2.45, 2.75) is 33.1 Å². The minimum Gasteiger partial charge on any atom is -0.475 e. The molecule has 0 radical (unpaired) electrons. The van der Waals surface area contributed by atoms with Crippen molar-refractivity contribution < 1.29 is 14.3 Å². The molecule has 19 heavy (non-hydrogen) atoms. The molecule has 0 unspecified atom stereocenters. The van der Waals surface area contributed by atoms with Gasteiger partial charge in [0.15, 0.2) is 0 Å². The van der Waals surface area contributed by atoms with Gasteiger partial charge in [-0.05, 0) is 30.0 Å². The molecule has 0 amide bonds. The second-order valence-electron chi connectivity index (χ2n) is 4.74. The minimum absolute atomic E-state index is 0.0125. The van der Waals surface area contributed by atoms with Crippen molar-refractivity contribution in [2.24, 2.45) is 0 Å². The lowest BCUT2D eigenvalue weighted by atomic mass is 10.1. The fourth-order valence-corrected chi connectivity index (χ4v) is 1.88. The van der Waals surface area contributed by atoms with Crippen LogP contribution in [0.2, 0.25) is 0 Å². The Morgan fingerprint density at radius 1 is 1.32 bits per heavy atom. The molecule has 0 aliphatic heterocycles. The number of benzene rings is 1. The number of aromatic carboxylic acids is 1. The van der Waals surface area contributed by atoms with Gasteiger partial charge >= 0.3 is 5.97 Å². The largest absolute Gasteiger partial charge is 0.475 e. The summed E-state index contributed by atoms with van der Waals surface area (Å²) in [5, 5.41) is 9.12. The van der Waals surface area contributed by atoms with E-state index in [-0.39, 0.29) is 11.7 Å². The van der Waals surface area contributed by atoms with Crippen LogP contribution in [0.3, 0.4) is 0 Å². The highest BCUT2D eigenvalue weighted by molar-refractivity contribution is 5.86. The molecule has 4 heteroatoms. The first-order chi connectivity index (χ1) is 9.02. The Balaban J connectivity index is 2.44. The van der Waals surface area contributed by atoms with Crippen molar-refractivity contribution in [1.82, 2.24) is 4.98 Å². The predicted molar refractivity (Wildman–Crippen MR) is 72.4 cm³/mol. The van der Waals surface area contributed by atoms with Crippen LogP contribution < -0.4 is 0 Å². The number of oxazole rings is 1. The normalized spacial score (nSPS) is 10.9. The number of aromatic nitrogens is 1. The molecule has 4 nitrogen and oxygen atoms in total. The van der Waals surface area contributed by atoms with Crippen molar-refractivity contribution in [2.75, 3.05) is 0 Å². The van der Waals surface area contributed by atoms with Crippen LogP contribution in [0.4, 0.5) is 0 Å². The van der Waals surface area contributed by atoms with Gasteiger partial charge < -0.3 is 9.52 Å². The summed E-state index contributed by atoms with van der Waals surface area (Å²) in [7, 11) is 0. The molecule has 0 aliphatic carbocycles. The summed E-state index contributed by atoms with van der Waals surface area (Å²) < 4.78 is 5.39. The van der Waals surface area contributed by atoms with Crippen molar-refractivity contribution >= 4 is 5.97 Å². The van der Waals surface area contributed by atoms with Gasteiger partial charge in [-0.2, -0.15) is 0 Å². The van der Waals surface area contributed by atoms with Crippen LogP contribution in [-0.4, -0.2) is 16.1 Å². The molecule has 2 aromatic rings. The van der Waals surface area contributed by atoms with Crippen LogP contribution in [0.25, 0.3) is 11.5 Å². The highest BCUT2D eigenvalue weighted by Crippen LogP contribution is 2.26. The summed E-state index contributed by atoms with van der Waals surface area (Å²) in [6.45, 7) is 5.88. The molecule has 1 aromatic heterocycles. The number of hydrogen-bond acceptors (Lipinski definition) is 3. The van der Waals surface area contributed by atoms with E-state index in [1.807, 2.05) is 38.1 Å². The Kier molecular flexibility index (Phi) is 3.69. The van der Waals surface area contributed by atoms with Crippen molar-refractivity contribution in [3.05, 3.63) is 41.3 Å². The molecule has 0 bridgehead atoms. The second kappa shape index (κ2) is 5.26. The number of carboxylic acid groups (broad SMARTS) is 1. The Morgan fingerprint density at radius 2 is 1.95 bits per heavy atom. The Labute approximate surface area is 112 Å². The molecular weight excluding hydrogens is 242 g/mol. The molecule has 2 rings (SSSR count). The second-order valence-corrected chi connectivity index (χ2v) is 4.74. The van der Waals surface area contributed by atoms with Gasteiger partial charge in [0.2, 0.25) is 11.7 Å². The summed E-state index contributed by atoms with van der Waals surface area (Å²) in [6, 6.07) is 7.80. The number of carboxylic acids is 1. The summed E-state index contributed by atoms with van der Waals surface area (Å²) in [5.74, 6) is -0.764. The standard InChI is InChI=1S/C15H17NO3/c1-4-10-5-7-11(8-6-10)14-16-12(9(2)3)13(19-14)15(17)18/h5-9H,4H2,1-3H3,(H,17,18). The minimum atomic E-state index is -1.08. The molecule has 1 N–H and O–H groups in total. The SMILES string of the molecule is CCc1ccc(-c2nc(C(C)C)c(C(=O)O)o2)cc1. The van der Waals surface area contributed by atoms with Crippen LogP contribution in [0.5, 0.6) is 0 Å². The third kappa shape index (κ3) is 2.67. The van der Waals surface area contributed by atoms with E-state index in [1.54, 1.807) is 0 Å². The van der Waals surface area contributed by atoms with Gasteiger partial charge in [-0.15, -0.1) is 0 Å². The van der Waals surface area contributed by atoms with Crippen LogP contribution in [-0.2, 0) is 6.42 Å². The van der Waals surface area contributed by atoms with Gasteiger partial charge in [0.1, 0.15) is 0 Å². The van der Waals surface area contributed by atoms with Crippen molar-refractivity contribution in [3.63, 3.8) is 0 Å². The Bertz CT molecular complexity index is 582. The Hall–Kier alpha value is -2.10. The van der Waals surface area contributed by atoms with E-state index in [0.717, 1.165) is 12.0 Å². The molecular formula is C15H17NO3. The zero-order valence-corrected chi connectivity index (χ0v) is 11.3. The number of carbonyl (C=O) groups is 1. The molecule has 100 valence electrons. The van der Waals surface area contributed by atoms with Crippen molar-refractivity contribution in [1.29, 1.82) is 0 Å². The number of hydrogen-bond donors (Lipinski definition) is 1. The first-order valence-electron chi connectivity index (χ1n) is 6.36. The molecule has 0 spiro atoms. The van der Waals surface area contributed by atoms with Crippen molar-refractivity contribution in [3.8, 4) is 11.5 Å². The molecule has 0 saturated carbocycles. The molecule has 0 saturated heterocycles. The monoisotopic (exact) mass is 259 g/mol. The highest BCUT2D eigenvalue weighted by atomic mass is 16.4. The fraction of sp³-hybridized carbons (Fsp3) is 0.333. The maximum atomic E-state index is 11.1. The molecule has 0 fully saturated rings. The molecule has 1 heterocycles. The first-order valence-corrected chi connectivity index (χ1v) is 6.36. The van der Waals surface area contributed by atoms with Gasteiger partial charge in [0, 0.05) is 5.56 Å². The van der Waals surface area contributed by atoms with Crippen LogP contribution in [0, 0.1) is 0 Å². The number of nitrogens with zero attached hydrogens (tertiary/aromatic N) is 1. The molecule has 1 aromatic carbocycles. The first kappa shape index (κ1) is 13.3. The van der Waals surface area contributed by atoms with Crippen LogP contribution >= 0.6 is 0 Å². The third-order valence-corrected chi connectivity index (χ3v) is 3.00. The Morgan fingerprint density at radius 3 is 2.37 bits per heavy atom. The lowest BCUT2D eigenvalue weighted by molar-refractivity contribution is 0.0661. The average Bonchev–Trinajstić information content (AvgIpc) is 2.84. The number of rotatable bonds is 4. The van der Waals surface area contributed by atoms with Gasteiger partial charge in [0.05, 0.1) is 5.69 Å². The smallest absolute Gasteiger partial charge is 0.373 e. The van der Waals surface area contributed by atoms with Gasteiger partial charge in [-0.3, -0.25) is 0 Å². The van der Waals surface area contributed by atoms with E-state index in [0.29, 0.717) is 11.6 Å². The highest BCUT2D eigenvalue weighted by Gasteiger charge is 2.22. The lowest BCUT2D eigenvalue weighted by Crippen LogP contribution is -2.01. The van der Waals surface area contributed by atoms with E-state index in [4.69, 9.17) is 9.52 Å². The van der Waals surface area contributed by atoms with E-state index < -0.39 is 5.97 Å². The average molecular weight is 259 g/mol. The molecule has 0 aliphatic rings. The topological polar surface area (TPSA) is 63.3 Å². The van der Waals surface area contributed by atoms with E-state index in [1.165, 1.54) is 5.56 Å². The number of aryl methyl sites for hydroxylation is 1. The fourth-order valence-electron chi connectivity index (χ4n) is 1.88. The summed E-state index contributed by atoms with van der Waals surface area (Å²) in [5.41, 5.74) is 2.51. The van der Waals surface area contributed by atoms with Gasteiger partial charge in [-0.1, -0.05) is 32.9 Å². The summed E-state index contributed by atoms with van der Waals surface area (Å²) >= 11 is 0. The van der Waals surface area contributed by atoms with E-state index in [9.17, 15) is 4.79 Å². The van der Waals surface area contributed by atoms with Crippen LogP contribution in [0.1, 0.15) is 48.5 Å². The third-order valence-electron chi connectivity index (χ3n) is 3.00. The van der Waals surface area contributed by atoms with E-state index >= 15 is 0 Å². The van der Waals surface area contributed by atoms with Crippen LogP contribution in [0.15, 0.2) is 28.7 Å². The van der Waals surface area contributed by atoms with Gasteiger partial charge in [0.25, 0.3) is 0 Å². The van der Waals surface area contributed by atoms with E-state index in [2.05, 4.69) is 11.9 Å². The van der Waals surface area contributed by atoms with Gasteiger partial charge in [-0.25, -0.2) is 9.78 Å². The maximum absolute atomic E-state index is 11.1. The quantitative estimate of drug-likeness (QED) is 0.908. The predicted octanol–water partition coefficient (Wildman–Crippen LogP) is 3.73. The molecule has 0 atom stereocenters. The zero-order chi connectivity index (χ0) is 14.0. The lowest BCUT2D eigenvalue weighted by Gasteiger charge is -1.98. The summed E-state index contributed by atoms with van der Waals surface area (Å²) in [6.07, 6.45) is 0.962.